The number of thiocarbonyl (C=S) groups is 1. The maximum absolute atomic E-state index is 12.2. The molecule has 0 N–H and O–H groups in total. The Hall–Kier alpha value is -1.73. The molecule has 1 aliphatic rings. The summed E-state index contributed by atoms with van der Waals surface area (Å²) in [5, 5.41) is 11.0. The molecule has 0 aliphatic carbocycles. The highest BCUT2D eigenvalue weighted by molar-refractivity contribution is 8.26. The van der Waals surface area contributed by atoms with Gasteiger partial charge in [0.1, 0.15) is 4.32 Å². The van der Waals surface area contributed by atoms with Crippen molar-refractivity contribution in [3.63, 3.8) is 0 Å². The fraction of sp³-hybridized carbons (Fsp3) is 0.231. The van der Waals surface area contributed by atoms with E-state index in [0.717, 1.165) is 6.42 Å². The van der Waals surface area contributed by atoms with Crippen LogP contribution < -0.4 is 0 Å². The minimum absolute atomic E-state index is 0.0201. The Balaban J connectivity index is 2.35. The Morgan fingerprint density at radius 2 is 2.15 bits per heavy atom. The maximum Gasteiger partial charge on any atom is 0.276 e. The number of carbonyl (C=O) groups is 1. The molecule has 5 nitrogen and oxygen atoms in total. The molecule has 1 saturated heterocycles. The molecule has 1 heterocycles. The van der Waals surface area contributed by atoms with Crippen LogP contribution in [0.25, 0.3) is 6.08 Å². The van der Waals surface area contributed by atoms with Crippen LogP contribution in [0.15, 0.2) is 29.2 Å². The number of carbonyl (C=O) groups excluding carboxylic acids is 1. The van der Waals surface area contributed by atoms with Crippen LogP contribution in [-0.2, 0) is 4.79 Å². The van der Waals surface area contributed by atoms with Crippen molar-refractivity contribution in [2.45, 2.75) is 13.3 Å². The maximum atomic E-state index is 12.2. The first-order valence-electron chi connectivity index (χ1n) is 6.03. The molecule has 1 aromatic carbocycles. The summed E-state index contributed by atoms with van der Waals surface area (Å²) in [4.78, 5) is 24.6. The number of hydrogen-bond acceptors (Lipinski definition) is 5. The second-order valence-corrected chi connectivity index (χ2v) is 5.83. The first kappa shape index (κ1) is 14.7. The molecule has 0 radical (unpaired) electrons. The molecule has 7 heteroatoms. The number of amides is 1. The SMILES string of the molecule is CCCN1C(=O)/C(=C/c2ccccc2[N+](=O)[O-])SC1=S. The van der Waals surface area contributed by atoms with Gasteiger partial charge in [0.15, 0.2) is 0 Å². The molecule has 0 unspecified atom stereocenters. The second kappa shape index (κ2) is 6.15. The van der Waals surface area contributed by atoms with Crippen LogP contribution in [0, 0.1) is 10.1 Å². The molecular weight excluding hydrogens is 296 g/mol. The summed E-state index contributed by atoms with van der Waals surface area (Å²) in [6.45, 7) is 2.53. The van der Waals surface area contributed by atoms with E-state index >= 15 is 0 Å². The molecule has 0 bridgehead atoms. The summed E-state index contributed by atoms with van der Waals surface area (Å²) in [6, 6.07) is 6.33. The zero-order chi connectivity index (χ0) is 14.7. The normalized spacial score (nSPS) is 17.1. The standard InChI is InChI=1S/C13H12N2O3S2/c1-2-7-14-12(16)11(20-13(14)19)8-9-5-3-4-6-10(9)15(17)18/h3-6,8H,2,7H2,1H3/b11-8-. The van der Waals surface area contributed by atoms with E-state index in [9.17, 15) is 14.9 Å². The average molecular weight is 308 g/mol. The smallest absolute Gasteiger partial charge is 0.276 e. The van der Waals surface area contributed by atoms with Gasteiger partial charge in [-0.1, -0.05) is 43.0 Å². The van der Waals surface area contributed by atoms with Gasteiger partial charge in [0.25, 0.3) is 11.6 Å². The fourth-order valence-electron chi connectivity index (χ4n) is 1.83. The lowest BCUT2D eigenvalue weighted by atomic mass is 10.1. The lowest BCUT2D eigenvalue weighted by Crippen LogP contribution is -2.28. The Kier molecular flexibility index (Phi) is 4.51. The minimum Gasteiger partial charge on any atom is -0.293 e. The lowest BCUT2D eigenvalue weighted by Gasteiger charge is -2.11. The number of rotatable bonds is 4. The van der Waals surface area contributed by atoms with Gasteiger partial charge in [0.05, 0.1) is 15.4 Å². The third kappa shape index (κ3) is 2.88. The third-order valence-electron chi connectivity index (χ3n) is 2.74. The summed E-state index contributed by atoms with van der Waals surface area (Å²) in [7, 11) is 0. The average Bonchev–Trinajstić information content (AvgIpc) is 2.67. The van der Waals surface area contributed by atoms with Gasteiger partial charge in [-0.15, -0.1) is 0 Å². The largest absolute Gasteiger partial charge is 0.293 e. The Labute approximate surface area is 125 Å². The van der Waals surface area contributed by atoms with Crippen LogP contribution in [0.1, 0.15) is 18.9 Å². The first-order chi connectivity index (χ1) is 9.54. The minimum atomic E-state index is -0.460. The van der Waals surface area contributed by atoms with Gasteiger partial charge in [-0.2, -0.15) is 0 Å². The van der Waals surface area contributed by atoms with E-state index in [1.807, 2.05) is 6.92 Å². The van der Waals surface area contributed by atoms with Crippen molar-refractivity contribution in [2.75, 3.05) is 6.54 Å². The summed E-state index contributed by atoms with van der Waals surface area (Å²) in [5.74, 6) is -0.181. The predicted octanol–water partition coefficient (Wildman–Crippen LogP) is 3.21. The van der Waals surface area contributed by atoms with Gasteiger partial charge < -0.3 is 0 Å². The molecule has 0 saturated carbocycles. The van der Waals surface area contributed by atoms with Crippen LogP contribution in [0.2, 0.25) is 0 Å². The number of hydrogen-bond donors (Lipinski definition) is 0. The number of para-hydroxylation sites is 1. The van der Waals surface area contributed by atoms with E-state index in [0.29, 0.717) is 21.3 Å². The van der Waals surface area contributed by atoms with E-state index in [4.69, 9.17) is 12.2 Å². The van der Waals surface area contributed by atoms with Crippen molar-refractivity contribution in [3.8, 4) is 0 Å². The molecule has 0 aromatic heterocycles. The van der Waals surface area contributed by atoms with E-state index < -0.39 is 4.92 Å². The van der Waals surface area contributed by atoms with Gasteiger partial charge in [-0.25, -0.2) is 0 Å². The van der Waals surface area contributed by atoms with Crippen LogP contribution >= 0.6 is 24.0 Å². The van der Waals surface area contributed by atoms with E-state index in [-0.39, 0.29) is 11.6 Å². The molecule has 2 rings (SSSR count). The fourth-order valence-corrected chi connectivity index (χ4v) is 3.13. The van der Waals surface area contributed by atoms with Crippen LogP contribution in [0.4, 0.5) is 5.69 Å². The molecule has 1 aromatic rings. The van der Waals surface area contributed by atoms with E-state index in [1.165, 1.54) is 28.8 Å². The Bertz CT molecular complexity index is 613. The molecule has 20 heavy (non-hydrogen) atoms. The van der Waals surface area contributed by atoms with Gasteiger partial charge in [0.2, 0.25) is 0 Å². The molecule has 1 aliphatic heterocycles. The number of nitro benzene ring substituents is 1. The third-order valence-corrected chi connectivity index (χ3v) is 4.12. The topological polar surface area (TPSA) is 63.5 Å². The quantitative estimate of drug-likeness (QED) is 0.370. The molecule has 104 valence electrons. The Morgan fingerprint density at radius 3 is 2.80 bits per heavy atom. The number of benzene rings is 1. The summed E-state index contributed by atoms with van der Waals surface area (Å²) >= 11 is 6.34. The summed E-state index contributed by atoms with van der Waals surface area (Å²) < 4.78 is 0.502. The van der Waals surface area contributed by atoms with Gasteiger partial charge in [-0.05, 0) is 18.6 Å². The van der Waals surface area contributed by atoms with Crippen LogP contribution in [-0.4, -0.2) is 26.6 Å². The zero-order valence-electron chi connectivity index (χ0n) is 10.7. The van der Waals surface area contributed by atoms with Gasteiger partial charge in [-0.3, -0.25) is 19.8 Å². The predicted molar refractivity (Wildman–Crippen MR) is 83.3 cm³/mol. The number of thioether (sulfide) groups is 1. The van der Waals surface area contributed by atoms with E-state index in [1.54, 1.807) is 18.2 Å². The van der Waals surface area contributed by atoms with Crippen LogP contribution in [0.5, 0.6) is 0 Å². The summed E-state index contributed by atoms with van der Waals surface area (Å²) in [6.07, 6.45) is 2.35. The van der Waals surface area contributed by atoms with Gasteiger partial charge >= 0.3 is 0 Å². The van der Waals surface area contributed by atoms with Crippen molar-refractivity contribution in [1.82, 2.24) is 4.90 Å². The van der Waals surface area contributed by atoms with Crippen molar-refractivity contribution >= 4 is 46.0 Å². The molecule has 1 fully saturated rings. The molecular formula is C13H12N2O3S2. The number of nitrogens with zero attached hydrogens (tertiary/aromatic N) is 2. The second-order valence-electron chi connectivity index (χ2n) is 4.15. The van der Waals surface area contributed by atoms with Crippen molar-refractivity contribution in [1.29, 1.82) is 0 Å². The lowest BCUT2D eigenvalue weighted by molar-refractivity contribution is -0.385. The number of nitro groups is 1. The zero-order valence-corrected chi connectivity index (χ0v) is 12.4. The monoisotopic (exact) mass is 308 g/mol. The highest BCUT2D eigenvalue weighted by Crippen LogP contribution is 2.34. The van der Waals surface area contributed by atoms with Crippen molar-refractivity contribution < 1.29 is 9.72 Å². The van der Waals surface area contributed by atoms with Crippen molar-refractivity contribution in [2.24, 2.45) is 0 Å². The van der Waals surface area contributed by atoms with Crippen LogP contribution in [0.3, 0.4) is 0 Å². The molecule has 0 atom stereocenters. The van der Waals surface area contributed by atoms with E-state index in [2.05, 4.69) is 0 Å². The Morgan fingerprint density at radius 1 is 1.45 bits per heavy atom. The molecule has 0 spiro atoms. The van der Waals surface area contributed by atoms with Gasteiger partial charge in [0, 0.05) is 12.6 Å². The highest BCUT2D eigenvalue weighted by Gasteiger charge is 2.31. The van der Waals surface area contributed by atoms with Crippen molar-refractivity contribution in [3.05, 3.63) is 44.8 Å². The highest BCUT2D eigenvalue weighted by atomic mass is 32.2. The molecule has 1 amide bonds. The first-order valence-corrected chi connectivity index (χ1v) is 7.26. The summed E-state index contributed by atoms with van der Waals surface area (Å²) in [5.41, 5.74) is 0.391.